The molecule has 0 spiro atoms. The highest BCUT2D eigenvalue weighted by atomic mass is 35.5. The monoisotopic (exact) mass is 474 g/mol. The van der Waals surface area contributed by atoms with Crippen LogP contribution in [0, 0.1) is 0 Å². The second kappa shape index (κ2) is 11.0. The Hall–Kier alpha value is -1.80. The smallest absolute Gasteiger partial charge is 0.171 e. The second-order valence-electron chi connectivity index (χ2n) is 6.87. The predicted octanol–water partition coefficient (Wildman–Crippen LogP) is 4.19. The van der Waals surface area contributed by atoms with Crippen molar-refractivity contribution >= 4 is 38.8 Å². The number of hydrogen-bond acceptors (Lipinski definition) is 6. The predicted molar refractivity (Wildman–Crippen MR) is 119 cm³/mol. The number of sulfone groups is 1. The number of carbonyl (C=O) groups excluding carboxylic acids is 1. The number of Topliss-reactive ketones (excluding diaryl/α,β-unsaturated/α-hetero) is 1. The molecule has 0 saturated carbocycles. The molecule has 30 heavy (non-hydrogen) atoms. The molecule has 164 valence electrons. The molecule has 1 N–H and O–H groups in total. The first-order valence-electron chi connectivity index (χ1n) is 9.31. The summed E-state index contributed by atoms with van der Waals surface area (Å²) in [6.45, 7) is 1.76. The third-order valence-corrected chi connectivity index (χ3v) is 5.74. The molecular formula is C21H24Cl2O6S. The molecule has 0 fully saturated rings. The molecule has 0 radical (unpaired) electrons. The van der Waals surface area contributed by atoms with E-state index in [-0.39, 0.29) is 31.2 Å². The number of benzene rings is 2. The first-order valence-corrected chi connectivity index (χ1v) is 12.1. The molecule has 0 bridgehead atoms. The maximum Gasteiger partial charge on any atom is 0.171 e. The Labute approximate surface area is 186 Å². The van der Waals surface area contributed by atoms with E-state index in [1.54, 1.807) is 36.4 Å². The van der Waals surface area contributed by atoms with Crippen molar-refractivity contribution < 1.29 is 27.8 Å². The zero-order valence-electron chi connectivity index (χ0n) is 16.7. The van der Waals surface area contributed by atoms with E-state index in [0.29, 0.717) is 28.0 Å². The van der Waals surface area contributed by atoms with Crippen molar-refractivity contribution in [1.82, 2.24) is 0 Å². The summed E-state index contributed by atoms with van der Waals surface area (Å²) in [5.74, 6) is 0.332. The topological polar surface area (TPSA) is 89.9 Å². The van der Waals surface area contributed by atoms with Crippen LogP contribution in [0.4, 0.5) is 0 Å². The number of rotatable bonds is 11. The average Bonchev–Trinajstić information content (AvgIpc) is 2.69. The van der Waals surface area contributed by atoms with Crippen molar-refractivity contribution in [3.63, 3.8) is 0 Å². The minimum absolute atomic E-state index is 0.0718. The van der Waals surface area contributed by atoms with Gasteiger partial charge in [0.05, 0.1) is 21.9 Å². The van der Waals surface area contributed by atoms with E-state index in [1.165, 1.54) is 0 Å². The van der Waals surface area contributed by atoms with E-state index >= 15 is 0 Å². The molecule has 2 aromatic carbocycles. The van der Waals surface area contributed by atoms with E-state index < -0.39 is 15.9 Å². The molecule has 0 amide bonds. The van der Waals surface area contributed by atoms with Crippen molar-refractivity contribution in [3.05, 3.63) is 46.4 Å². The lowest BCUT2D eigenvalue weighted by molar-refractivity contribution is -0.120. The lowest BCUT2D eigenvalue weighted by atomic mass is 10.1. The van der Waals surface area contributed by atoms with Crippen LogP contribution in [0.1, 0.15) is 19.8 Å². The van der Waals surface area contributed by atoms with Crippen LogP contribution in [0.25, 0.3) is 11.1 Å². The van der Waals surface area contributed by atoms with Gasteiger partial charge in [-0.3, -0.25) is 4.79 Å². The van der Waals surface area contributed by atoms with Gasteiger partial charge in [0.15, 0.2) is 11.5 Å². The summed E-state index contributed by atoms with van der Waals surface area (Å²) in [7, 11) is -3.18. The molecule has 1 unspecified atom stereocenters. The molecule has 0 saturated heterocycles. The molecule has 0 aliphatic heterocycles. The van der Waals surface area contributed by atoms with Crippen LogP contribution in [-0.2, 0) is 14.6 Å². The van der Waals surface area contributed by atoms with Crippen LogP contribution in [-0.4, -0.2) is 50.6 Å². The second-order valence-corrected chi connectivity index (χ2v) is 9.95. The summed E-state index contributed by atoms with van der Waals surface area (Å²) >= 11 is 12.6. The van der Waals surface area contributed by atoms with Gasteiger partial charge in [-0.1, -0.05) is 42.3 Å². The fourth-order valence-electron chi connectivity index (χ4n) is 2.44. The standard InChI is InChI=1S/C21H24Cl2O6S/c1-3-16(24)12-29-21-19(22)10-15(11-20(21)23)14-4-6-18(7-5-14)28-13-17(25)8-9-30(2,26)27/h4-7,10-11,16,24H,3,8-9,12-13H2,1-2H3. The van der Waals surface area contributed by atoms with Gasteiger partial charge in [-0.05, 0) is 41.8 Å². The van der Waals surface area contributed by atoms with E-state index in [1.807, 2.05) is 6.92 Å². The van der Waals surface area contributed by atoms with Crippen LogP contribution < -0.4 is 9.47 Å². The quantitative estimate of drug-likeness (QED) is 0.524. The van der Waals surface area contributed by atoms with Crippen molar-refractivity contribution in [2.45, 2.75) is 25.9 Å². The molecule has 9 heteroatoms. The molecule has 1 atom stereocenters. The Morgan fingerprint density at radius 2 is 1.67 bits per heavy atom. The zero-order chi connectivity index (χ0) is 22.3. The number of ketones is 1. The van der Waals surface area contributed by atoms with Crippen LogP contribution in [0.2, 0.25) is 10.0 Å². The Morgan fingerprint density at radius 1 is 1.07 bits per heavy atom. The number of halogens is 2. The van der Waals surface area contributed by atoms with Gasteiger partial charge in [0, 0.05) is 12.7 Å². The van der Waals surface area contributed by atoms with Crippen LogP contribution >= 0.6 is 23.2 Å². The fraction of sp³-hybridized carbons (Fsp3) is 0.381. The number of hydrogen-bond donors (Lipinski definition) is 1. The fourth-order valence-corrected chi connectivity index (χ4v) is 3.64. The van der Waals surface area contributed by atoms with E-state index in [2.05, 4.69) is 0 Å². The number of ether oxygens (including phenoxy) is 2. The Balaban J connectivity index is 2.01. The summed E-state index contributed by atoms with van der Waals surface area (Å²) in [4.78, 5) is 11.7. The molecular weight excluding hydrogens is 451 g/mol. The highest BCUT2D eigenvalue weighted by molar-refractivity contribution is 7.90. The van der Waals surface area contributed by atoms with Crippen molar-refractivity contribution in [1.29, 1.82) is 0 Å². The number of aliphatic hydroxyl groups excluding tert-OH is 1. The molecule has 0 heterocycles. The van der Waals surface area contributed by atoms with Gasteiger partial charge < -0.3 is 14.6 Å². The third-order valence-electron chi connectivity index (χ3n) is 4.23. The zero-order valence-corrected chi connectivity index (χ0v) is 19.1. The summed E-state index contributed by atoms with van der Waals surface area (Å²) in [6, 6.07) is 10.4. The largest absolute Gasteiger partial charge is 0.488 e. The van der Waals surface area contributed by atoms with Gasteiger partial charge in [-0.15, -0.1) is 0 Å². The minimum atomic E-state index is -3.18. The van der Waals surface area contributed by atoms with Gasteiger partial charge in [0.2, 0.25) is 0 Å². The van der Waals surface area contributed by atoms with Gasteiger partial charge >= 0.3 is 0 Å². The van der Waals surface area contributed by atoms with Gasteiger partial charge in [0.1, 0.15) is 28.8 Å². The molecule has 2 aromatic rings. The van der Waals surface area contributed by atoms with Crippen molar-refractivity contribution in [2.75, 3.05) is 25.2 Å². The maximum atomic E-state index is 11.7. The van der Waals surface area contributed by atoms with Gasteiger partial charge in [0.25, 0.3) is 0 Å². The summed E-state index contributed by atoms with van der Waals surface area (Å²) in [5, 5.41) is 10.3. The lowest BCUT2D eigenvalue weighted by Crippen LogP contribution is -2.16. The lowest BCUT2D eigenvalue weighted by Gasteiger charge is -2.14. The summed E-state index contributed by atoms with van der Waals surface area (Å²) < 4.78 is 33.1. The van der Waals surface area contributed by atoms with Gasteiger partial charge in [-0.25, -0.2) is 8.42 Å². The van der Waals surface area contributed by atoms with E-state index in [9.17, 15) is 18.3 Å². The molecule has 0 aromatic heterocycles. The summed E-state index contributed by atoms with van der Waals surface area (Å²) in [6.07, 6.45) is 0.983. The van der Waals surface area contributed by atoms with Crippen LogP contribution in [0.5, 0.6) is 11.5 Å². The molecule has 0 aliphatic carbocycles. The Bertz CT molecular complexity index is 950. The van der Waals surface area contributed by atoms with E-state index in [4.69, 9.17) is 32.7 Å². The van der Waals surface area contributed by atoms with Gasteiger partial charge in [-0.2, -0.15) is 0 Å². The van der Waals surface area contributed by atoms with Crippen molar-refractivity contribution in [2.24, 2.45) is 0 Å². The number of carbonyl (C=O) groups is 1. The maximum absolute atomic E-state index is 11.7. The SMILES string of the molecule is CCC(O)COc1c(Cl)cc(-c2ccc(OCC(=O)CCS(C)(=O)=O)cc2)cc1Cl. The summed E-state index contributed by atoms with van der Waals surface area (Å²) in [5.41, 5.74) is 1.60. The molecule has 2 rings (SSSR count). The Kier molecular flexibility index (Phi) is 8.97. The molecule has 0 aliphatic rings. The minimum Gasteiger partial charge on any atom is -0.488 e. The Morgan fingerprint density at radius 3 is 2.20 bits per heavy atom. The number of aliphatic hydroxyl groups is 1. The van der Waals surface area contributed by atoms with Crippen LogP contribution in [0.3, 0.4) is 0 Å². The van der Waals surface area contributed by atoms with E-state index in [0.717, 1.165) is 17.4 Å². The first kappa shape index (κ1) is 24.5. The highest BCUT2D eigenvalue weighted by Gasteiger charge is 2.13. The molecule has 6 nitrogen and oxygen atoms in total. The van der Waals surface area contributed by atoms with Crippen LogP contribution in [0.15, 0.2) is 36.4 Å². The van der Waals surface area contributed by atoms with Crippen molar-refractivity contribution in [3.8, 4) is 22.6 Å². The third kappa shape index (κ3) is 7.80. The normalized spacial score (nSPS) is 12.4. The first-order chi connectivity index (χ1) is 14.1. The average molecular weight is 475 g/mol. The highest BCUT2D eigenvalue weighted by Crippen LogP contribution is 2.38.